The first-order valence-electron chi connectivity index (χ1n) is 12.4. The van der Waals surface area contributed by atoms with Crippen molar-refractivity contribution in [3.63, 3.8) is 0 Å². The van der Waals surface area contributed by atoms with Crippen molar-refractivity contribution in [1.29, 1.82) is 0 Å². The van der Waals surface area contributed by atoms with E-state index in [2.05, 4.69) is 4.98 Å². The fraction of sp³-hybridized carbons (Fsp3) is 0.286. The van der Waals surface area contributed by atoms with Gasteiger partial charge in [0.25, 0.3) is 0 Å². The van der Waals surface area contributed by atoms with E-state index < -0.39 is 22.1 Å². The van der Waals surface area contributed by atoms with Crippen LogP contribution in [0.3, 0.4) is 0 Å². The molecule has 0 bridgehead atoms. The van der Waals surface area contributed by atoms with E-state index in [0.717, 1.165) is 16.5 Å². The van der Waals surface area contributed by atoms with Gasteiger partial charge in [-0.05, 0) is 66.6 Å². The normalized spacial score (nSPS) is 16.6. The third-order valence-corrected chi connectivity index (χ3v) is 10.6. The lowest BCUT2D eigenvalue weighted by Gasteiger charge is -2.38. The van der Waals surface area contributed by atoms with Crippen molar-refractivity contribution in [2.24, 2.45) is 0 Å². The molecule has 4 aromatic rings. The summed E-state index contributed by atoms with van der Waals surface area (Å²) >= 11 is 14.4. The van der Waals surface area contributed by atoms with Gasteiger partial charge in [0.2, 0.25) is 15.9 Å². The Morgan fingerprint density at radius 1 is 1.16 bits per heavy atom. The van der Waals surface area contributed by atoms with Crippen molar-refractivity contribution >= 4 is 61.4 Å². The lowest BCUT2D eigenvalue weighted by Crippen LogP contribution is -2.49. The number of rotatable bonds is 7. The van der Waals surface area contributed by atoms with Crippen LogP contribution in [-0.4, -0.2) is 47.6 Å². The van der Waals surface area contributed by atoms with E-state index >= 15 is 0 Å². The highest BCUT2D eigenvalue weighted by atomic mass is 35.5. The Bertz CT molecular complexity index is 1600. The SMILES string of the molecule is CC[C@H](C)N(CC(=O)N1CCc2sccc2[C@@H]1c1ccc(Cl)cc1Cl)S(=O)(=O)c1cccc2cccnc12. The van der Waals surface area contributed by atoms with Gasteiger partial charge in [0.1, 0.15) is 4.90 Å². The number of aromatic nitrogens is 1. The summed E-state index contributed by atoms with van der Waals surface area (Å²) in [6.07, 6.45) is 2.82. The average Bonchev–Trinajstić information content (AvgIpc) is 3.39. The standard InChI is InChI=1S/C28H27Cl2N3O3S2/c1-3-18(2)33(38(35,36)25-8-4-6-19-7-5-13-31-27(19)25)17-26(34)32-14-11-24-22(12-15-37-24)28(32)21-10-9-20(29)16-23(21)30/h4-10,12-13,15-16,18,28H,3,11,14,17H2,1-2H3/t18-,28-/m0/s1. The van der Waals surface area contributed by atoms with Gasteiger partial charge in [0.15, 0.2) is 0 Å². The molecule has 0 fully saturated rings. The predicted octanol–water partition coefficient (Wildman–Crippen LogP) is 6.57. The first-order chi connectivity index (χ1) is 18.2. The van der Waals surface area contributed by atoms with Crippen LogP contribution in [0.1, 0.15) is 42.3 Å². The highest BCUT2D eigenvalue weighted by Crippen LogP contribution is 2.41. The molecule has 0 spiro atoms. The van der Waals surface area contributed by atoms with E-state index in [1.807, 2.05) is 43.5 Å². The van der Waals surface area contributed by atoms with Gasteiger partial charge in [-0.2, -0.15) is 4.31 Å². The van der Waals surface area contributed by atoms with Crippen LogP contribution in [0, 0.1) is 0 Å². The second-order valence-electron chi connectivity index (χ2n) is 9.34. The molecule has 198 valence electrons. The van der Waals surface area contributed by atoms with Crippen LogP contribution in [0.5, 0.6) is 0 Å². The highest BCUT2D eigenvalue weighted by Gasteiger charge is 2.38. The maximum Gasteiger partial charge on any atom is 0.245 e. The maximum atomic E-state index is 14.0. The molecule has 38 heavy (non-hydrogen) atoms. The summed E-state index contributed by atoms with van der Waals surface area (Å²) in [4.78, 5) is 21.4. The fourth-order valence-corrected chi connectivity index (χ4v) is 8.20. The number of amides is 1. The lowest BCUT2D eigenvalue weighted by molar-refractivity contribution is -0.133. The Labute approximate surface area is 236 Å². The van der Waals surface area contributed by atoms with E-state index in [9.17, 15) is 13.2 Å². The number of nitrogens with zero attached hydrogens (tertiary/aromatic N) is 3. The molecule has 1 aliphatic rings. The van der Waals surface area contributed by atoms with Gasteiger partial charge in [-0.25, -0.2) is 8.42 Å². The second-order valence-corrected chi connectivity index (χ2v) is 13.0. The number of sulfonamides is 1. The zero-order valence-corrected chi connectivity index (χ0v) is 24.1. The van der Waals surface area contributed by atoms with Crippen LogP contribution in [0.15, 0.2) is 71.1 Å². The number of para-hydroxylation sites is 1. The van der Waals surface area contributed by atoms with E-state index in [4.69, 9.17) is 23.2 Å². The first-order valence-corrected chi connectivity index (χ1v) is 15.5. The van der Waals surface area contributed by atoms with Gasteiger partial charge in [-0.1, -0.05) is 54.4 Å². The number of fused-ring (bicyclic) bond motifs is 2. The van der Waals surface area contributed by atoms with Crippen molar-refractivity contribution in [1.82, 2.24) is 14.2 Å². The second kappa shape index (κ2) is 10.9. The fourth-order valence-electron chi connectivity index (χ4n) is 4.96. The van der Waals surface area contributed by atoms with E-state index in [-0.39, 0.29) is 17.3 Å². The molecule has 2 atom stereocenters. The zero-order chi connectivity index (χ0) is 27.0. The smallest absolute Gasteiger partial charge is 0.245 e. The molecule has 0 N–H and O–H groups in total. The van der Waals surface area contributed by atoms with Crippen LogP contribution in [0.2, 0.25) is 10.0 Å². The molecule has 6 nitrogen and oxygen atoms in total. The summed E-state index contributed by atoms with van der Waals surface area (Å²) < 4.78 is 29.4. The monoisotopic (exact) mass is 587 g/mol. The van der Waals surface area contributed by atoms with E-state index in [1.165, 1.54) is 9.18 Å². The van der Waals surface area contributed by atoms with Gasteiger partial charge in [0, 0.05) is 39.1 Å². The van der Waals surface area contributed by atoms with Crippen molar-refractivity contribution in [2.75, 3.05) is 13.1 Å². The Kier molecular flexibility index (Phi) is 7.80. The van der Waals surface area contributed by atoms with Crippen molar-refractivity contribution < 1.29 is 13.2 Å². The van der Waals surface area contributed by atoms with Crippen molar-refractivity contribution in [2.45, 2.75) is 43.7 Å². The number of pyridine rings is 1. The van der Waals surface area contributed by atoms with Gasteiger partial charge in [-0.3, -0.25) is 9.78 Å². The first kappa shape index (κ1) is 27.1. The number of halogens is 2. The van der Waals surface area contributed by atoms with Gasteiger partial charge >= 0.3 is 0 Å². The van der Waals surface area contributed by atoms with Crippen LogP contribution in [0.4, 0.5) is 0 Å². The quantitative estimate of drug-likeness (QED) is 0.245. The molecule has 2 aromatic heterocycles. The van der Waals surface area contributed by atoms with Crippen LogP contribution in [-0.2, 0) is 21.2 Å². The number of thiophene rings is 1. The number of benzene rings is 2. The number of carbonyl (C=O) groups is 1. The number of hydrogen-bond acceptors (Lipinski definition) is 5. The minimum absolute atomic E-state index is 0.0970. The Balaban J connectivity index is 1.54. The summed E-state index contributed by atoms with van der Waals surface area (Å²) in [6.45, 7) is 3.90. The van der Waals surface area contributed by atoms with Gasteiger partial charge in [-0.15, -0.1) is 11.3 Å². The molecule has 5 rings (SSSR count). The third-order valence-electron chi connectivity index (χ3n) is 7.10. The average molecular weight is 589 g/mol. The topological polar surface area (TPSA) is 70.6 Å². The lowest BCUT2D eigenvalue weighted by atomic mass is 9.93. The molecule has 0 aliphatic carbocycles. The third kappa shape index (κ3) is 4.96. The Hall–Kier alpha value is -2.49. The molecule has 2 aromatic carbocycles. The summed E-state index contributed by atoms with van der Waals surface area (Å²) in [7, 11) is -4.04. The number of carbonyl (C=O) groups excluding carboxylic acids is 1. The Morgan fingerprint density at radius 3 is 2.71 bits per heavy atom. The summed E-state index contributed by atoms with van der Waals surface area (Å²) in [5, 5.41) is 3.71. The molecule has 1 aliphatic heterocycles. The zero-order valence-electron chi connectivity index (χ0n) is 21.0. The number of hydrogen-bond donors (Lipinski definition) is 0. The molecule has 3 heterocycles. The molecular weight excluding hydrogens is 561 g/mol. The van der Waals surface area contributed by atoms with Gasteiger partial charge < -0.3 is 4.90 Å². The molecule has 10 heteroatoms. The maximum absolute atomic E-state index is 14.0. The molecule has 0 radical (unpaired) electrons. The molecule has 0 saturated carbocycles. The van der Waals surface area contributed by atoms with Crippen molar-refractivity contribution in [3.05, 3.63) is 92.2 Å². The summed E-state index contributed by atoms with van der Waals surface area (Å²) in [5.41, 5.74) is 2.16. The minimum atomic E-state index is -4.04. The van der Waals surface area contributed by atoms with Gasteiger partial charge in [0.05, 0.1) is 18.1 Å². The Morgan fingerprint density at radius 2 is 1.95 bits per heavy atom. The van der Waals surface area contributed by atoms with Crippen molar-refractivity contribution in [3.8, 4) is 0 Å². The summed E-state index contributed by atoms with van der Waals surface area (Å²) in [6, 6.07) is 15.1. The molecule has 0 unspecified atom stereocenters. The van der Waals surface area contributed by atoms with Crippen LogP contribution >= 0.6 is 34.5 Å². The van der Waals surface area contributed by atoms with E-state index in [0.29, 0.717) is 34.9 Å². The highest BCUT2D eigenvalue weighted by molar-refractivity contribution is 7.89. The van der Waals surface area contributed by atoms with Crippen LogP contribution in [0.25, 0.3) is 10.9 Å². The predicted molar refractivity (Wildman–Crippen MR) is 153 cm³/mol. The molecule has 1 amide bonds. The molecular formula is C28H27Cl2N3O3S2. The minimum Gasteiger partial charge on any atom is -0.330 e. The van der Waals surface area contributed by atoms with E-state index in [1.54, 1.807) is 52.8 Å². The largest absolute Gasteiger partial charge is 0.330 e. The molecule has 0 saturated heterocycles. The van der Waals surface area contributed by atoms with Crippen LogP contribution < -0.4 is 0 Å². The summed E-state index contributed by atoms with van der Waals surface area (Å²) in [5.74, 6) is -0.282.